The molecule has 2 rings (SSSR count). The first-order chi connectivity index (χ1) is 9.51. The average Bonchev–Trinajstić information content (AvgIpc) is 2.45. The molecule has 5 nitrogen and oxygen atoms in total. The maximum Gasteiger partial charge on any atom is 0.258 e. The molecule has 5 heteroatoms. The summed E-state index contributed by atoms with van der Waals surface area (Å²) in [7, 11) is 3.29. The van der Waals surface area contributed by atoms with E-state index in [0.29, 0.717) is 16.9 Å². The van der Waals surface area contributed by atoms with Crippen molar-refractivity contribution >= 4 is 23.0 Å². The Balaban J connectivity index is 2.27. The Bertz CT molecular complexity index is 603. The summed E-state index contributed by atoms with van der Waals surface area (Å²) in [5.41, 5.74) is 13.6. The van der Waals surface area contributed by atoms with Gasteiger partial charge in [-0.25, -0.2) is 0 Å². The van der Waals surface area contributed by atoms with Gasteiger partial charge in [-0.2, -0.15) is 0 Å². The van der Waals surface area contributed by atoms with Crippen molar-refractivity contribution < 1.29 is 9.53 Å². The van der Waals surface area contributed by atoms with E-state index in [0.717, 1.165) is 11.4 Å². The highest BCUT2D eigenvalue weighted by Gasteiger charge is 2.14. The molecule has 0 radical (unpaired) electrons. The van der Waals surface area contributed by atoms with Crippen LogP contribution in [0.1, 0.15) is 10.4 Å². The van der Waals surface area contributed by atoms with Crippen molar-refractivity contribution in [3.05, 3.63) is 48.0 Å². The molecule has 4 N–H and O–H groups in total. The number of carbonyl (C=O) groups is 1. The van der Waals surface area contributed by atoms with Crippen molar-refractivity contribution in [2.24, 2.45) is 0 Å². The van der Waals surface area contributed by atoms with Crippen LogP contribution in [-0.2, 0) is 0 Å². The Kier molecular flexibility index (Phi) is 3.79. The van der Waals surface area contributed by atoms with Gasteiger partial charge in [-0.15, -0.1) is 0 Å². The summed E-state index contributed by atoms with van der Waals surface area (Å²) in [6, 6.07) is 12.1. The third-order valence-electron chi connectivity index (χ3n) is 2.99. The minimum atomic E-state index is -0.172. The number of amides is 1. The molecule has 1 amide bonds. The van der Waals surface area contributed by atoms with E-state index in [1.807, 2.05) is 12.1 Å². The van der Waals surface area contributed by atoms with Crippen LogP contribution in [0.5, 0.6) is 5.75 Å². The van der Waals surface area contributed by atoms with E-state index < -0.39 is 0 Å². The number of nitrogen functional groups attached to an aromatic ring is 2. The van der Waals surface area contributed by atoms with Crippen molar-refractivity contribution in [1.82, 2.24) is 0 Å². The van der Waals surface area contributed by atoms with Crippen LogP contribution < -0.4 is 21.1 Å². The molecule has 0 heterocycles. The first kappa shape index (κ1) is 13.7. The molecular weight excluding hydrogens is 254 g/mol. The fraction of sp³-hybridized carbons (Fsp3) is 0.133. The number of nitrogens with zero attached hydrogens (tertiary/aromatic N) is 1. The zero-order chi connectivity index (χ0) is 14.7. The number of benzene rings is 2. The average molecular weight is 271 g/mol. The largest absolute Gasteiger partial charge is 0.497 e. The van der Waals surface area contributed by atoms with Crippen molar-refractivity contribution in [2.75, 3.05) is 30.5 Å². The highest BCUT2D eigenvalue weighted by Crippen LogP contribution is 2.21. The molecule has 0 saturated heterocycles. The summed E-state index contributed by atoms with van der Waals surface area (Å²) in [5.74, 6) is 0.567. The van der Waals surface area contributed by atoms with Gasteiger partial charge in [0, 0.05) is 29.7 Å². The zero-order valence-electron chi connectivity index (χ0n) is 11.5. The number of nitrogens with two attached hydrogens (primary N) is 2. The fourth-order valence-corrected chi connectivity index (χ4v) is 1.92. The number of ether oxygens (including phenoxy) is 1. The molecular formula is C15H17N3O2. The van der Waals surface area contributed by atoms with Gasteiger partial charge in [-0.05, 0) is 42.5 Å². The van der Waals surface area contributed by atoms with Crippen molar-refractivity contribution in [3.8, 4) is 5.75 Å². The third-order valence-corrected chi connectivity index (χ3v) is 2.99. The fourth-order valence-electron chi connectivity index (χ4n) is 1.92. The van der Waals surface area contributed by atoms with Gasteiger partial charge < -0.3 is 21.1 Å². The molecule has 20 heavy (non-hydrogen) atoms. The molecule has 0 aliphatic rings. The first-order valence-corrected chi connectivity index (χ1v) is 6.09. The monoisotopic (exact) mass is 271 g/mol. The topological polar surface area (TPSA) is 81.6 Å². The molecule has 0 fully saturated rings. The maximum absolute atomic E-state index is 12.4. The van der Waals surface area contributed by atoms with E-state index in [1.165, 1.54) is 4.90 Å². The van der Waals surface area contributed by atoms with E-state index in [-0.39, 0.29) is 5.91 Å². The summed E-state index contributed by atoms with van der Waals surface area (Å²) in [4.78, 5) is 13.9. The Morgan fingerprint density at radius 2 is 1.60 bits per heavy atom. The molecule has 0 unspecified atom stereocenters. The Morgan fingerprint density at radius 3 is 2.10 bits per heavy atom. The SMILES string of the molecule is COc1ccc(N(C)C(=O)c2cc(N)cc(N)c2)cc1. The minimum absolute atomic E-state index is 0.172. The molecule has 0 atom stereocenters. The van der Waals surface area contributed by atoms with Gasteiger partial charge in [0.1, 0.15) is 5.75 Å². The smallest absolute Gasteiger partial charge is 0.258 e. The lowest BCUT2D eigenvalue weighted by atomic mass is 10.1. The highest BCUT2D eigenvalue weighted by molar-refractivity contribution is 6.06. The summed E-state index contributed by atoms with van der Waals surface area (Å²) >= 11 is 0. The van der Waals surface area contributed by atoms with Gasteiger partial charge in [-0.3, -0.25) is 4.79 Å². The van der Waals surface area contributed by atoms with E-state index in [2.05, 4.69) is 0 Å². The number of methoxy groups -OCH3 is 1. The van der Waals surface area contributed by atoms with Gasteiger partial charge in [0.2, 0.25) is 0 Å². The molecule has 2 aromatic carbocycles. The van der Waals surface area contributed by atoms with E-state index in [4.69, 9.17) is 16.2 Å². The second-order valence-electron chi connectivity index (χ2n) is 4.45. The normalized spacial score (nSPS) is 10.1. The Morgan fingerprint density at radius 1 is 1.05 bits per heavy atom. The number of rotatable bonds is 3. The van der Waals surface area contributed by atoms with Crippen LogP contribution in [-0.4, -0.2) is 20.1 Å². The zero-order valence-corrected chi connectivity index (χ0v) is 11.5. The van der Waals surface area contributed by atoms with Gasteiger partial charge in [0.15, 0.2) is 0 Å². The van der Waals surface area contributed by atoms with Gasteiger partial charge >= 0.3 is 0 Å². The highest BCUT2D eigenvalue weighted by atomic mass is 16.5. The summed E-state index contributed by atoms with van der Waals surface area (Å²) in [6.07, 6.45) is 0. The molecule has 0 spiro atoms. The lowest BCUT2D eigenvalue weighted by Gasteiger charge is -2.18. The molecule has 104 valence electrons. The van der Waals surface area contributed by atoms with E-state index >= 15 is 0 Å². The van der Waals surface area contributed by atoms with Crippen LogP contribution in [0.15, 0.2) is 42.5 Å². The number of hydrogen-bond acceptors (Lipinski definition) is 4. The van der Waals surface area contributed by atoms with Crippen molar-refractivity contribution in [3.63, 3.8) is 0 Å². The molecule has 0 saturated carbocycles. The van der Waals surface area contributed by atoms with Crippen LogP contribution in [0.2, 0.25) is 0 Å². The Hall–Kier alpha value is -2.69. The van der Waals surface area contributed by atoms with Crippen molar-refractivity contribution in [2.45, 2.75) is 0 Å². The molecule has 0 aliphatic heterocycles. The van der Waals surface area contributed by atoms with Gasteiger partial charge in [-0.1, -0.05) is 0 Å². The summed E-state index contributed by atoms with van der Waals surface area (Å²) in [5, 5.41) is 0. The maximum atomic E-state index is 12.4. The van der Waals surface area contributed by atoms with E-state index in [9.17, 15) is 4.79 Å². The summed E-state index contributed by atoms with van der Waals surface area (Å²) < 4.78 is 5.09. The van der Waals surface area contributed by atoms with Crippen LogP contribution in [0.3, 0.4) is 0 Å². The molecule has 0 aliphatic carbocycles. The number of carbonyl (C=O) groups excluding carboxylic acids is 1. The van der Waals surface area contributed by atoms with Crippen LogP contribution in [0.25, 0.3) is 0 Å². The predicted octanol–water partition coefficient (Wildman–Crippen LogP) is 2.14. The second-order valence-corrected chi connectivity index (χ2v) is 4.45. The number of hydrogen-bond donors (Lipinski definition) is 2. The standard InChI is InChI=1S/C15H17N3O2/c1-18(13-3-5-14(20-2)6-4-13)15(19)10-7-11(16)9-12(17)8-10/h3-9H,16-17H2,1-2H3. The van der Waals surface area contributed by atoms with E-state index in [1.54, 1.807) is 44.5 Å². The minimum Gasteiger partial charge on any atom is -0.497 e. The third kappa shape index (κ3) is 2.83. The molecule has 0 aromatic heterocycles. The first-order valence-electron chi connectivity index (χ1n) is 6.09. The number of anilines is 3. The molecule has 0 bridgehead atoms. The van der Waals surface area contributed by atoms with Crippen LogP contribution >= 0.6 is 0 Å². The van der Waals surface area contributed by atoms with Gasteiger partial charge in [0.25, 0.3) is 5.91 Å². The molecule has 2 aromatic rings. The lowest BCUT2D eigenvalue weighted by molar-refractivity contribution is 0.0993. The summed E-state index contributed by atoms with van der Waals surface area (Å²) in [6.45, 7) is 0. The van der Waals surface area contributed by atoms with Gasteiger partial charge in [0.05, 0.1) is 7.11 Å². The van der Waals surface area contributed by atoms with Crippen LogP contribution in [0, 0.1) is 0 Å². The van der Waals surface area contributed by atoms with Crippen LogP contribution in [0.4, 0.5) is 17.1 Å². The Labute approximate surface area is 117 Å². The predicted molar refractivity (Wildman–Crippen MR) is 81.0 cm³/mol. The van der Waals surface area contributed by atoms with Crippen molar-refractivity contribution in [1.29, 1.82) is 0 Å². The second kappa shape index (κ2) is 5.52. The lowest BCUT2D eigenvalue weighted by Crippen LogP contribution is -2.26. The quantitative estimate of drug-likeness (QED) is 0.838.